The molecule has 0 saturated carbocycles. The predicted octanol–water partition coefficient (Wildman–Crippen LogP) is 1.77. The third-order valence-corrected chi connectivity index (χ3v) is 4.05. The zero-order valence-electron chi connectivity index (χ0n) is 14.5. The van der Waals surface area contributed by atoms with Gasteiger partial charge in [0.2, 0.25) is 11.8 Å². The second-order valence-electron chi connectivity index (χ2n) is 5.57. The zero-order chi connectivity index (χ0) is 18.1. The van der Waals surface area contributed by atoms with Gasteiger partial charge in [-0.1, -0.05) is 0 Å². The first-order valence-electron chi connectivity index (χ1n) is 7.65. The Hall–Kier alpha value is -2.02. The van der Waals surface area contributed by atoms with E-state index in [1.54, 1.807) is 25.3 Å². The summed E-state index contributed by atoms with van der Waals surface area (Å²) >= 11 is 1.39. The lowest BCUT2D eigenvalue weighted by Gasteiger charge is -2.11. The molecular weight excluding hydrogens is 328 g/mol. The molecule has 7 heteroatoms. The van der Waals surface area contributed by atoms with E-state index in [0.717, 1.165) is 5.56 Å². The lowest BCUT2D eigenvalue weighted by molar-refractivity contribution is -0.125. The number of methoxy groups -OCH3 is 1. The van der Waals surface area contributed by atoms with E-state index < -0.39 is 0 Å². The maximum absolute atomic E-state index is 11.8. The molecule has 132 valence electrons. The molecule has 0 atom stereocenters. The first-order valence-corrected chi connectivity index (χ1v) is 8.80. The van der Waals surface area contributed by atoms with Crippen LogP contribution in [0.1, 0.15) is 36.7 Å². The van der Waals surface area contributed by atoms with Gasteiger partial charge in [-0.25, -0.2) is 0 Å². The molecule has 0 aliphatic heterocycles. The van der Waals surface area contributed by atoms with Gasteiger partial charge in [-0.05, 0) is 39.0 Å². The van der Waals surface area contributed by atoms with Gasteiger partial charge >= 0.3 is 0 Å². The van der Waals surface area contributed by atoms with Crippen LogP contribution in [0.15, 0.2) is 18.2 Å². The average molecular weight is 352 g/mol. The van der Waals surface area contributed by atoms with Crippen LogP contribution in [0.25, 0.3) is 0 Å². The van der Waals surface area contributed by atoms with E-state index in [9.17, 15) is 14.4 Å². The van der Waals surface area contributed by atoms with Crippen LogP contribution in [0.3, 0.4) is 0 Å². The number of benzene rings is 1. The fraction of sp³-hybridized carbons (Fsp3) is 0.471. The summed E-state index contributed by atoms with van der Waals surface area (Å²) in [4.78, 5) is 34.7. The van der Waals surface area contributed by atoms with Crippen molar-refractivity contribution in [2.24, 2.45) is 0 Å². The van der Waals surface area contributed by atoms with Crippen LogP contribution in [0, 0.1) is 0 Å². The maximum Gasteiger partial charge on any atom is 0.239 e. The minimum Gasteiger partial charge on any atom is -0.496 e. The standard InChI is InChI=1S/C17H24N2O4S/c1-11(2)19-16(21)8-18-17(22)10-24-9-14-7-13(12(3)20)5-6-15(14)23-4/h5-7,11H,8-10H2,1-4H3,(H,18,22)(H,19,21). The van der Waals surface area contributed by atoms with E-state index in [4.69, 9.17) is 4.74 Å². The molecule has 0 bridgehead atoms. The summed E-state index contributed by atoms with van der Waals surface area (Å²) in [6.07, 6.45) is 0. The fourth-order valence-electron chi connectivity index (χ4n) is 1.97. The number of carbonyl (C=O) groups excluding carboxylic acids is 3. The lowest BCUT2D eigenvalue weighted by atomic mass is 10.1. The molecule has 0 aliphatic rings. The van der Waals surface area contributed by atoms with Gasteiger partial charge in [0.15, 0.2) is 5.78 Å². The van der Waals surface area contributed by atoms with Crippen molar-refractivity contribution in [3.63, 3.8) is 0 Å². The number of hydrogen-bond donors (Lipinski definition) is 2. The van der Waals surface area contributed by atoms with Crippen LogP contribution in [-0.2, 0) is 15.3 Å². The Kier molecular flexibility index (Phi) is 8.32. The maximum atomic E-state index is 11.8. The Morgan fingerprint density at radius 1 is 1.21 bits per heavy atom. The number of nitrogens with one attached hydrogen (secondary N) is 2. The summed E-state index contributed by atoms with van der Waals surface area (Å²) in [7, 11) is 1.57. The highest BCUT2D eigenvalue weighted by Crippen LogP contribution is 2.24. The highest BCUT2D eigenvalue weighted by Gasteiger charge is 2.10. The Bertz CT molecular complexity index is 602. The number of ether oxygens (including phenoxy) is 1. The topological polar surface area (TPSA) is 84.5 Å². The molecule has 1 aromatic rings. The second-order valence-corrected chi connectivity index (χ2v) is 6.56. The van der Waals surface area contributed by atoms with Crippen LogP contribution >= 0.6 is 11.8 Å². The number of thioether (sulfide) groups is 1. The molecule has 0 radical (unpaired) electrons. The number of carbonyl (C=O) groups is 3. The summed E-state index contributed by atoms with van der Waals surface area (Å²) in [6, 6.07) is 5.30. The molecule has 0 aliphatic carbocycles. The number of ketones is 1. The Balaban J connectivity index is 2.46. The van der Waals surface area contributed by atoms with Crippen molar-refractivity contribution in [3.05, 3.63) is 29.3 Å². The fourth-order valence-corrected chi connectivity index (χ4v) is 2.80. The number of amides is 2. The highest BCUT2D eigenvalue weighted by molar-refractivity contribution is 7.99. The van der Waals surface area contributed by atoms with E-state index in [0.29, 0.717) is 17.1 Å². The van der Waals surface area contributed by atoms with Crippen molar-refractivity contribution in [1.82, 2.24) is 10.6 Å². The first-order chi connectivity index (χ1) is 11.3. The van der Waals surface area contributed by atoms with Crippen molar-refractivity contribution in [2.45, 2.75) is 32.6 Å². The molecule has 24 heavy (non-hydrogen) atoms. The van der Waals surface area contributed by atoms with Crippen molar-refractivity contribution < 1.29 is 19.1 Å². The summed E-state index contributed by atoms with van der Waals surface area (Å²) in [5.41, 5.74) is 1.47. The van der Waals surface area contributed by atoms with E-state index in [1.165, 1.54) is 18.7 Å². The summed E-state index contributed by atoms with van der Waals surface area (Å²) in [5.74, 6) is 1.01. The third-order valence-electron chi connectivity index (χ3n) is 3.07. The predicted molar refractivity (Wildman–Crippen MR) is 95.4 cm³/mol. The van der Waals surface area contributed by atoms with Crippen LogP contribution in [0.2, 0.25) is 0 Å². The average Bonchev–Trinajstić information content (AvgIpc) is 2.52. The summed E-state index contributed by atoms with van der Waals surface area (Å²) in [6.45, 7) is 5.20. The van der Waals surface area contributed by atoms with Gasteiger partial charge in [0, 0.05) is 22.9 Å². The van der Waals surface area contributed by atoms with Gasteiger partial charge in [-0.3, -0.25) is 14.4 Å². The lowest BCUT2D eigenvalue weighted by Crippen LogP contribution is -2.40. The smallest absolute Gasteiger partial charge is 0.239 e. The van der Waals surface area contributed by atoms with E-state index in [2.05, 4.69) is 10.6 Å². The van der Waals surface area contributed by atoms with Gasteiger partial charge in [0.25, 0.3) is 0 Å². The minimum atomic E-state index is -0.209. The van der Waals surface area contributed by atoms with Gasteiger partial charge in [-0.15, -0.1) is 11.8 Å². The molecule has 0 spiro atoms. The number of rotatable bonds is 9. The largest absolute Gasteiger partial charge is 0.496 e. The van der Waals surface area contributed by atoms with Crippen LogP contribution in [0.5, 0.6) is 5.75 Å². The van der Waals surface area contributed by atoms with Crippen molar-refractivity contribution in [2.75, 3.05) is 19.4 Å². The Morgan fingerprint density at radius 3 is 2.50 bits per heavy atom. The second kappa shape index (κ2) is 9.97. The van der Waals surface area contributed by atoms with Crippen LogP contribution in [-0.4, -0.2) is 43.0 Å². The van der Waals surface area contributed by atoms with Gasteiger partial charge in [-0.2, -0.15) is 0 Å². The van der Waals surface area contributed by atoms with Crippen LogP contribution < -0.4 is 15.4 Å². The Morgan fingerprint density at radius 2 is 1.92 bits per heavy atom. The van der Waals surface area contributed by atoms with Crippen LogP contribution in [0.4, 0.5) is 0 Å². The summed E-state index contributed by atoms with van der Waals surface area (Å²) in [5, 5.41) is 5.28. The SMILES string of the molecule is COc1ccc(C(C)=O)cc1CSCC(=O)NCC(=O)NC(C)C. The monoisotopic (exact) mass is 352 g/mol. The molecular formula is C17H24N2O4S. The minimum absolute atomic E-state index is 0.0159. The number of Topliss-reactive ketones (excluding diaryl/α,β-unsaturated/α-hetero) is 1. The van der Waals surface area contributed by atoms with Crippen molar-refractivity contribution >= 4 is 29.4 Å². The van der Waals surface area contributed by atoms with Gasteiger partial charge < -0.3 is 15.4 Å². The molecule has 0 heterocycles. The highest BCUT2D eigenvalue weighted by atomic mass is 32.2. The molecule has 2 amide bonds. The van der Waals surface area contributed by atoms with E-state index >= 15 is 0 Å². The Labute approximate surface area is 146 Å². The molecule has 2 N–H and O–H groups in total. The number of hydrogen-bond acceptors (Lipinski definition) is 5. The molecule has 1 rings (SSSR count). The molecule has 0 aromatic heterocycles. The van der Waals surface area contributed by atoms with Crippen molar-refractivity contribution in [1.29, 1.82) is 0 Å². The van der Waals surface area contributed by atoms with Gasteiger partial charge in [0.1, 0.15) is 5.75 Å². The molecule has 0 fully saturated rings. The first kappa shape index (κ1) is 20.0. The molecule has 0 saturated heterocycles. The van der Waals surface area contributed by atoms with E-state index in [-0.39, 0.29) is 35.9 Å². The van der Waals surface area contributed by atoms with Gasteiger partial charge in [0.05, 0.1) is 19.4 Å². The molecule has 0 unspecified atom stereocenters. The summed E-state index contributed by atoms with van der Waals surface area (Å²) < 4.78 is 5.28. The molecule has 1 aromatic carbocycles. The third kappa shape index (κ3) is 7.04. The van der Waals surface area contributed by atoms with Crippen molar-refractivity contribution in [3.8, 4) is 5.75 Å². The van der Waals surface area contributed by atoms with E-state index in [1.807, 2.05) is 13.8 Å². The molecule has 6 nitrogen and oxygen atoms in total. The quantitative estimate of drug-likeness (QED) is 0.662. The normalized spacial score (nSPS) is 10.4. The zero-order valence-corrected chi connectivity index (χ0v) is 15.3.